The zero-order valence-electron chi connectivity index (χ0n) is 8.05. The number of benzene rings is 1. The average Bonchev–Trinajstić information content (AvgIpc) is 2.11. The number of carbonyl (C=O) groups is 1. The standard InChI is InChI=1S/C9H11NO4.Bi.3H/c10-6(9(13)14)3-5-1-2-7(11)8(12)4-5;;;;/h1-2,4,6,11-12H,3,10H2,(H,13,14);;;;. The minimum absolute atomic E-state index is 0. The maximum absolute atomic E-state index is 10.4. The Balaban J connectivity index is 0.00000196. The number of rotatable bonds is 3. The van der Waals surface area contributed by atoms with E-state index in [-0.39, 0.29) is 44.1 Å². The van der Waals surface area contributed by atoms with Gasteiger partial charge in [-0.1, -0.05) is 6.07 Å². The van der Waals surface area contributed by atoms with E-state index >= 15 is 0 Å². The van der Waals surface area contributed by atoms with Gasteiger partial charge in [0.15, 0.2) is 11.5 Å². The van der Waals surface area contributed by atoms with E-state index in [2.05, 4.69) is 0 Å². The van der Waals surface area contributed by atoms with Gasteiger partial charge < -0.3 is 21.1 Å². The monoisotopic (exact) mass is 409 g/mol. The summed E-state index contributed by atoms with van der Waals surface area (Å²) in [6, 6.07) is 3.09. The van der Waals surface area contributed by atoms with Crippen LogP contribution >= 0.6 is 0 Å². The van der Waals surface area contributed by atoms with Crippen molar-refractivity contribution in [3.05, 3.63) is 23.8 Å². The average molecular weight is 409 g/mol. The molecule has 0 spiro atoms. The molecule has 6 heteroatoms. The van der Waals surface area contributed by atoms with Crippen LogP contribution in [0.25, 0.3) is 0 Å². The van der Waals surface area contributed by atoms with E-state index in [1.54, 1.807) is 0 Å². The number of carboxylic acid groups (broad SMARTS) is 1. The molecule has 0 saturated heterocycles. The molecule has 0 radical (unpaired) electrons. The molecular formula is C9H14BiNO4. The van der Waals surface area contributed by atoms with Crippen molar-refractivity contribution in [2.75, 3.05) is 0 Å². The van der Waals surface area contributed by atoms with Crippen LogP contribution in [-0.2, 0) is 11.2 Å². The Hall–Kier alpha value is -0.867. The molecule has 0 amide bonds. The normalized spacial score (nSPS) is 11.5. The summed E-state index contributed by atoms with van der Waals surface area (Å²) < 4.78 is 0. The quantitative estimate of drug-likeness (QED) is 0.374. The number of hydrogen-bond acceptors (Lipinski definition) is 4. The second-order valence-corrected chi connectivity index (χ2v) is 2.97. The summed E-state index contributed by atoms with van der Waals surface area (Å²) in [5, 5.41) is 26.6. The predicted molar refractivity (Wildman–Crippen MR) is 59.0 cm³/mol. The summed E-state index contributed by atoms with van der Waals surface area (Å²) in [6.45, 7) is 0. The first kappa shape index (κ1) is 14.1. The van der Waals surface area contributed by atoms with Gasteiger partial charge in [0, 0.05) is 0 Å². The Labute approximate surface area is 106 Å². The summed E-state index contributed by atoms with van der Waals surface area (Å²) in [7, 11) is 0. The van der Waals surface area contributed by atoms with Gasteiger partial charge >= 0.3 is 32.2 Å². The van der Waals surface area contributed by atoms with Crippen LogP contribution in [0.2, 0.25) is 0 Å². The fourth-order valence-corrected chi connectivity index (χ4v) is 1.04. The van der Waals surface area contributed by atoms with Crippen molar-refractivity contribution in [1.29, 1.82) is 0 Å². The van der Waals surface area contributed by atoms with Crippen LogP contribution < -0.4 is 5.73 Å². The molecule has 0 bridgehead atoms. The van der Waals surface area contributed by atoms with Gasteiger partial charge in [0.25, 0.3) is 0 Å². The summed E-state index contributed by atoms with van der Waals surface area (Å²) >= 11 is 0. The van der Waals surface area contributed by atoms with Crippen molar-refractivity contribution in [3.63, 3.8) is 0 Å². The predicted octanol–water partition coefficient (Wildman–Crippen LogP) is -1.13. The van der Waals surface area contributed by atoms with Crippen molar-refractivity contribution in [2.24, 2.45) is 5.73 Å². The number of phenolic OH excluding ortho intramolecular Hbond substituents is 2. The Morgan fingerprint density at radius 2 is 1.93 bits per heavy atom. The topological polar surface area (TPSA) is 104 Å². The van der Waals surface area contributed by atoms with E-state index in [1.807, 2.05) is 0 Å². The number of carboxylic acids is 1. The molecule has 0 heterocycles. The summed E-state index contributed by atoms with van der Waals surface area (Å²) in [4.78, 5) is 10.4. The molecular weight excluding hydrogens is 395 g/mol. The first-order valence-electron chi connectivity index (χ1n) is 4.00. The summed E-state index contributed by atoms with van der Waals surface area (Å²) in [5.74, 6) is -1.62. The van der Waals surface area contributed by atoms with Crippen molar-refractivity contribution < 1.29 is 20.1 Å². The molecule has 5 nitrogen and oxygen atoms in total. The third kappa shape index (κ3) is 4.02. The van der Waals surface area contributed by atoms with E-state index in [4.69, 9.17) is 21.1 Å². The number of hydrogen-bond donors (Lipinski definition) is 4. The molecule has 0 saturated carbocycles. The SMILES string of the molecule is NC(Cc1ccc(O)c(O)c1)C(=O)O.[BiH3]. The Morgan fingerprint density at radius 3 is 2.40 bits per heavy atom. The van der Waals surface area contributed by atoms with E-state index in [9.17, 15) is 4.79 Å². The Morgan fingerprint density at radius 1 is 1.33 bits per heavy atom. The molecule has 0 fully saturated rings. The van der Waals surface area contributed by atoms with Crippen molar-refractivity contribution >= 4 is 32.2 Å². The van der Waals surface area contributed by atoms with Crippen LogP contribution in [0.4, 0.5) is 0 Å². The van der Waals surface area contributed by atoms with Crippen molar-refractivity contribution in [1.82, 2.24) is 0 Å². The van der Waals surface area contributed by atoms with Gasteiger partial charge in [-0.25, -0.2) is 0 Å². The van der Waals surface area contributed by atoms with Crippen LogP contribution in [0.3, 0.4) is 0 Å². The molecule has 1 aromatic carbocycles. The molecule has 1 aromatic rings. The molecule has 0 aliphatic heterocycles. The molecule has 1 rings (SSSR count). The zero-order valence-corrected chi connectivity index (χ0v) is 13.5. The van der Waals surface area contributed by atoms with Crippen LogP contribution in [0.15, 0.2) is 18.2 Å². The molecule has 0 aromatic heterocycles. The van der Waals surface area contributed by atoms with Crippen molar-refractivity contribution in [2.45, 2.75) is 12.5 Å². The molecule has 0 aliphatic carbocycles. The first-order chi connectivity index (χ1) is 6.50. The van der Waals surface area contributed by atoms with Crippen LogP contribution in [0.5, 0.6) is 11.5 Å². The van der Waals surface area contributed by atoms with Gasteiger partial charge in [0.2, 0.25) is 0 Å². The first-order valence-corrected chi connectivity index (χ1v) is 4.00. The zero-order chi connectivity index (χ0) is 10.7. The summed E-state index contributed by atoms with van der Waals surface area (Å²) in [5.41, 5.74) is 5.86. The van der Waals surface area contributed by atoms with Crippen LogP contribution in [-0.4, -0.2) is 53.5 Å². The molecule has 1 unspecified atom stereocenters. The summed E-state index contributed by atoms with van der Waals surface area (Å²) in [6.07, 6.45) is 0.114. The van der Waals surface area contributed by atoms with Gasteiger partial charge in [-0.15, -0.1) is 0 Å². The van der Waals surface area contributed by atoms with Gasteiger partial charge in [-0.2, -0.15) is 0 Å². The second kappa shape index (κ2) is 5.88. The second-order valence-electron chi connectivity index (χ2n) is 2.97. The number of nitrogens with two attached hydrogens (primary N) is 1. The Kier molecular flexibility index (Phi) is 5.54. The number of aliphatic carboxylic acids is 1. The van der Waals surface area contributed by atoms with Gasteiger partial charge in [-0.05, 0) is 24.1 Å². The van der Waals surface area contributed by atoms with Crippen LogP contribution in [0, 0.1) is 0 Å². The fraction of sp³-hybridized carbons (Fsp3) is 0.222. The van der Waals surface area contributed by atoms with E-state index < -0.39 is 12.0 Å². The molecule has 84 valence electrons. The molecule has 15 heavy (non-hydrogen) atoms. The number of phenols is 2. The van der Waals surface area contributed by atoms with Gasteiger partial charge in [0.1, 0.15) is 6.04 Å². The third-order valence-electron chi connectivity index (χ3n) is 1.81. The van der Waals surface area contributed by atoms with Crippen LogP contribution in [0.1, 0.15) is 5.56 Å². The third-order valence-corrected chi connectivity index (χ3v) is 1.81. The molecule has 5 N–H and O–H groups in total. The minimum atomic E-state index is -1.10. The fourth-order valence-electron chi connectivity index (χ4n) is 1.04. The van der Waals surface area contributed by atoms with Gasteiger partial charge in [-0.3, -0.25) is 4.79 Å². The molecule has 1 atom stereocenters. The number of aromatic hydroxyl groups is 2. The van der Waals surface area contributed by atoms with E-state index in [1.165, 1.54) is 18.2 Å². The Bertz CT molecular complexity index is 356. The van der Waals surface area contributed by atoms with Crippen molar-refractivity contribution in [3.8, 4) is 11.5 Å². The maximum atomic E-state index is 10.4. The van der Waals surface area contributed by atoms with Gasteiger partial charge in [0.05, 0.1) is 0 Å². The van der Waals surface area contributed by atoms with E-state index in [0.717, 1.165) is 0 Å². The van der Waals surface area contributed by atoms with E-state index in [0.29, 0.717) is 5.56 Å². The molecule has 0 aliphatic rings.